The molecule has 2 aromatic rings. The van der Waals surface area contributed by atoms with Gasteiger partial charge in [-0.3, -0.25) is 4.90 Å². The Labute approximate surface area is 135 Å². The molecule has 0 unspecified atom stereocenters. The SMILES string of the molecule is Cc1cc2oc(=O)cc(CN3CCCC[C@@H]3CCO)c2cc1O. The molecule has 5 heteroatoms. The minimum atomic E-state index is -0.367. The van der Waals surface area contributed by atoms with Gasteiger partial charge in [0.1, 0.15) is 11.3 Å². The van der Waals surface area contributed by atoms with Crippen molar-refractivity contribution in [2.24, 2.45) is 0 Å². The number of aromatic hydroxyl groups is 1. The van der Waals surface area contributed by atoms with E-state index in [0.717, 1.165) is 36.8 Å². The molecule has 23 heavy (non-hydrogen) atoms. The maximum Gasteiger partial charge on any atom is 0.336 e. The number of rotatable bonds is 4. The summed E-state index contributed by atoms with van der Waals surface area (Å²) < 4.78 is 5.28. The van der Waals surface area contributed by atoms with Gasteiger partial charge in [0.2, 0.25) is 0 Å². The van der Waals surface area contributed by atoms with Crippen molar-refractivity contribution in [1.29, 1.82) is 0 Å². The zero-order valence-corrected chi connectivity index (χ0v) is 13.4. The third-order valence-electron chi connectivity index (χ3n) is 4.73. The van der Waals surface area contributed by atoms with E-state index in [-0.39, 0.29) is 18.0 Å². The second-order valence-electron chi connectivity index (χ2n) is 6.36. The van der Waals surface area contributed by atoms with Crippen molar-refractivity contribution in [1.82, 2.24) is 4.90 Å². The van der Waals surface area contributed by atoms with Crippen LogP contribution in [0.25, 0.3) is 11.0 Å². The fourth-order valence-corrected chi connectivity index (χ4v) is 3.46. The molecule has 1 fully saturated rings. The second kappa shape index (κ2) is 6.72. The summed E-state index contributed by atoms with van der Waals surface area (Å²) in [4.78, 5) is 14.2. The van der Waals surface area contributed by atoms with Gasteiger partial charge < -0.3 is 14.6 Å². The average molecular weight is 317 g/mol. The Kier molecular flexibility index (Phi) is 4.68. The van der Waals surface area contributed by atoms with Gasteiger partial charge in [-0.15, -0.1) is 0 Å². The van der Waals surface area contributed by atoms with Gasteiger partial charge in [-0.1, -0.05) is 6.42 Å². The number of hydrogen-bond acceptors (Lipinski definition) is 5. The highest BCUT2D eigenvalue weighted by Gasteiger charge is 2.23. The van der Waals surface area contributed by atoms with Crippen molar-refractivity contribution in [3.8, 4) is 5.75 Å². The first-order valence-corrected chi connectivity index (χ1v) is 8.19. The summed E-state index contributed by atoms with van der Waals surface area (Å²) in [7, 11) is 0. The van der Waals surface area contributed by atoms with E-state index in [1.165, 1.54) is 12.5 Å². The second-order valence-corrected chi connectivity index (χ2v) is 6.36. The quantitative estimate of drug-likeness (QED) is 0.848. The number of aliphatic hydroxyl groups excluding tert-OH is 1. The Morgan fingerprint density at radius 3 is 2.91 bits per heavy atom. The van der Waals surface area contributed by atoms with E-state index < -0.39 is 0 Å². The number of phenolic OH excluding ortho intramolecular Hbond substituents is 1. The van der Waals surface area contributed by atoms with Crippen molar-refractivity contribution < 1.29 is 14.6 Å². The summed E-state index contributed by atoms with van der Waals surface area (Å²) in [5.41, 5.74) is 1.71. The predicted molar refractivity (Wildman–Crippen MR) is 88.6 cm³/mol. The van der Waals surface area contributed by atoms with Crippen molar-refractivity contribution in [3.05, 3.63) is 39.7 Å². The molecule has 0 radical (unpaired) electrons. The summed E-state index contributed by atoms with van der Waals surface area (Å²) in [6, 6.07) is 5.24. The lowest BCUT2D eigenvalue weighted by atomic mass is 9.98. The molecule has 2 heterocycles. The predicted octanol–water partition coefficient (Wildman–Crippen LogP) is 2.54. The first-order valence-electron chi connectivity index (χ1n) is 8.19. The van der Waals surface area contributed by atoms with E-state index in [4.69, 9.17) is 4.42 Å². The molecular weight excluding hydrogens is 294 g/mol. The van der Waals surface area contributed by atoms with Gasteiger partial charge in [0, 0.05) is 30.6 Å². The van der Waals surface area contributed by atoms with Crippen LogP contribution in [0.5, 0.6) is 5.75 Å². The van der Waals surface area contributed by atoms with Gasteiger partial charge in [-0.2, -0.15) is 0 Å². The third kappa shape index (κ3) is 3.41. The molecule has 1 aromatic heterocycles. The number of hydrogen-bond donors (Lipinski definition) is 2. The van der Waals surface area contributed by atoms with Crippen LogP contribution in [0.3, 0.4) is 0 Å². The van der Waals surface area contributed by atoms with E-state index in [9.17, 15) is 15.0 Å². The molecule has 5 nitrogen and oxygen atoms in total. The van der Waals surface area contributed by atoms with Gasteiger partial charge in [0.05, 0.1) is 0 Å². The fraction of sp³-hybridized carbons (Fsp3) is 0.500. The Hall–Kier alpha value is -1.85. The van der Waals surface area contributed by atoms with Crippen LogP contribution in [-0.4, -0.2) is 34.3 Å². The summed E-state index contributed by atoms with van der Waals surface area (Å²) in [6.45, 7) is 3.56. The minimum absolute atomic E-state index is 0.179. The van der Waals surface area contributed by atoms with E-state index in [0.29, 0.717) is 23.7 Å². The molecule has 1 atom stereocenters. The molecule has 0 aliphatic carbocycles. The highest BCUT2D eigenvalue weighted by atomic mass is 16.4. The first-order chi connectivity index (χ1) is 11.1. The fourth-order valence-electron chi connectivity index (χ4n) is 3.46. The molecule has 0 saturated carbocycles. The molecule has 1 aromatic carbocycles. The summed E-state index contributed by atoms with van der Waals surface area (Å²) in [5, 5.41) is 20.0. The number of aliphatic hydroxyl groups is 1. The van der Waals surface area contributed by atoms with Crippen LogP contribution in [0, 0.1) is 6.92 Å². The third-order valence-corrected chi connectivity index (χ3v) is 4.73. The Bertz CT molecular complexity index is 751. The lowest BCUT2D eigenvalue weighted by Gasteiger charge is -2.35. The standard InChI is InChI=1S/C18H23NO4/c1-12-8-17-15(10-16(12)21)13(9-18(22)23-17)11-19-6-3-2-4-14(19)5-7-20/h8-10,14,20-21H,2-7,11H2,1H3/t14-/m1/s1. The molecule has 1 saturated heterocycles. The van der Waals surface area contributed by atoms with Crippen LogP contribution in [0.2, 0.25) is 0 Å². The Balaban J connectivity index is 1.98. The van der Waals surface area contributed by atoms with Crippen LogP contribution in [0.15, 0.2) is 27.4 Å². The maximum absolute atomic E-state index is 11.9. The van der Waals surface area contributed by atoms with Crippen molar-refractivity contribution in [2.75, 3.05) is 13.2 Å². The van der Waals surface area contributed by atoms with Gasteiger partial charge >= 0.3 is 5.63 Å². The highest BCUT2D eigenvalue weighted by molar-refractivity contribution is 5.82. The number of phenols is 1. The highest BCUT2D eigenvalue weighted by Crippen LogP contribution is 2.28. The summed E-state index contributed by atoms with van der Waals surface area (Å²) in [5.74, 6) is 0.207. The van der Waals surface area contributed by atoms with Crippen LogP contribution in [0.4, 0.5) is 0 Å². The maximum atomic E-state index is 11.9. The summed E-state index contributed by atoms with van der Waals surface area (Å²) in [6.07, 6.45) is 4.14. The van der Waals surface area contributed by atoms with Gasteiger partial charge in [0.25, 0.3) is 0 Å². The van der Waals surface area contributed by atoms with Gasteiger partial charge in [-0.25, -0.2) is 4.79 Å². The molecule has 0 bridgehead atoms. The summed E-state index contributed by atoms with van der Waals surface area (Å²) >= 11 is 0. The molecular formula is C18H23NO4. The lowest BCUT2D eigenvalue weighted by molar-refractivity contribution is 0.113. The minimum Gasteiger partial charge on any atom is -0.508 e. The molecule has 0 spiro atoms. The molecule has 1 aliphatic heterocycles. The molecule has 3 rings (SSSR count). The number of benzene rings is 1. The molecule has 2 N–H and O–H groups in total. The lowest BCUT2D eigenvalue weighted by Crippen LogP contribution is -2.39. The number of fused-ring (bicyclic) bond motifs is 1. The average Bonchev–Trinajstić information content (AvgIpc) is 2.51. The number of piperidine rings is 1. The Morgan fingerprint density at radius 2 is 2.13 bits per heavy atom. The number of nitrogens with zero attached hydrogens (tertiary/aromatic N) is 1. The van der Waals surface area contributed by atoms with Gasteiger partial charge in [0.15, 0.2) is 0 Å². The van der Waals surface area contributed by atoms with Gasteiger partial charge in [-0.05, 0) is 56.0 Å². The molecule has 0 amide bonds. The normalized spacial score (nSPS) is 19.3. The van der Waals surface area contributed by atoms with Crippen molar-refractivity contribution in [3.63, 3.8) is 0 Å². The van der Waals surface area contributed by atoms with E-state index in [1.54, 1.807) is 19.1 Å². The van der Waals surface area contributed by atoms with Crippen LogP contribution >= 0.6 is 0 Å². The smallest absolute Gasteiger partial charge is 0.336 e. The largest absolute Gasteiger partial charge is 0.508 e. The van der Waals surface area contributed by atoms with Crippen LogP contribution in [-0.2, 0) is 6.54 Å². The van der Waals surface area contributed by atoms with E-state index in [2.05, 4.69) is 4.90 Å². The van der Waals surface area contributed by atoms with Crippen LogP contribution in [0.1, 0.15) is 36.8 Å². The van der Waals surface area contributed by atoms with Crippen molar-refractivity contribution in [2.45, 2.75) is 45.2 Å². The van der Waals surface area contributed by atoms with E-state index >= 15 is 0 Å². The number of aryl methyl sites for hydroxylation is 1. The first kappa shape index (κ1) is 16.0. The molecule has 124 valence electrons. The Morgan fingerprint density at radius 1 is 1.30 bits per heavy atom. The molecule has 1 aliphatic rings. The monoisotopic (exact) mass is 317 g/mol. The zero-order valence-electron chi connectivity index (χ0n) is 13.4. The van der Waals surface area contributed by atoms with E-state index in [1.807, 2.05) is 0 Å². The van der Waals surface area contributed by atoms with Crippen LogP contribution < -0.4 is 5.63 Å². The number of likely N-dealkylation sites (tertiary alicyclic amines) is 1. The van der Waals surface area contributed by atoms with Crippen molar-refractivity contribution >= 4 is 11.0 Å². The topological polar surface area (TPSA) is 73.9 Å². The zero-order chi connectivity index (χ0) is 16.4.